The van der Waals surface area contributed by atoms with E-state index in [9.17, 15) is 0 Å². The zero-order valence-electron chi connectivity index (χ0n) is 14.4. The summed E-state index contributed by atoms with van der Waals surface area (Å²) in [5.41, 5.74) is 1.76. The van der Waals surface area contributed by atoms with Gasteiger partial charge in [-0.05, 0) is 56.4 Å². The highest BCUT2D eigenvalue weighted by molar-refractivity contribution is 7.09. The van der Waals surface area contributed by atoms with Crippen molar-refractivity contribution in [3.63, 3.8) is 0 Å². The summed E-state index contributed by atoms with van der Waals surface area (Å²) < 4.78 is 0. The summed E-state index contributed by atoms with van der Waals surface area (Å²) in [6.45, 7) is 12.6. The number of thiazole rings is 1. The largest absolute Gasteiger partial charge is 0.314 e. The van der Waals surface area contributed by atoms with Crippen molar-refractivity contribution in [1.29, 1.82) is 0 Å². The average molecular weight is 309 g/mol. The minimum absolute atomic E-state index is 0.477. The van der Waals surface area contributed by atoms with Crippen molar-refractivity contribution in [2.75, 3.05) is 6.54 Å². The van der Waals surface area contributed by atoms with E-state index in [4.69, 9.17) is 0 Å². The molecule has 0 saturated heterocycles. The maximum Gasteiger partial charge on any atom is 0.0897 e. The maximum absolute atomic E-state index is 4.66. The predicted molar refractivity (Wildman–Crippen MR) is 92.9 cm³/mol. The van der Waals surface area contributed by atoms with E-state index in [-0.39, 0.29) is 0 Å². The Morgan fingerprint density at radius 3 is 2.43 bits per heavy atom. The molecule has 1 unspecified atom stereocenters. The van der Waals surface area contributed by atoms with Gasteiger partial charge in [-0.25, -0.2) is 4.98 Å². The minimum Gasteiger partial charge on any atom is -0.314 e. The van der Waals surface area contributed by atoms with Gasteiger partial charge >= 0.3 is 0 Å². The maximum atomic E-state index is 4.66. The molecule has 2 rings (SSSR count). The molecule has 1 N–H and O–H groups in total. The molecular formula is C18H32N2S. The number of nitrogens with zero attached hydrogens (tertiary/aromatic N) is 1. The number of likely N-dealkylation sites (N-methyl/N-ethyl adjacent to an activating group) is 1. The van der Waals surface area contributed by atoms with Gasteiger partial charge in [-0.1, -0.05) is 27.7 Å². The molecule has 1 atom stereocenters. The Morgan fingerprint density at radius 1 is 1.29 bits per heavy atom. The Morgan fingerprint density at radius 2 is 1.95 bits per heavy atom. The van der Waals surface area contributed by atoms with Crippen molar-refractivity contribution < 1.29 is 0 Å². The molecule has 0 spiro atoms. The van der Waals surface area contributed by atoms with Crippen LogP contribution in [0.4, 0.5) is 0 Å². The summed E-state index contributed by atoms with van der Waals surface area (Å²) >= 11 is 1.78. The number of hydrogen-bond donors (Lipinski definition) is 1. The van der Waals surface area contributed by atoms with E-state index in [0.29, 0.717) is 11.5 Å². The number of hydrogen-bond acceptors (Lipinski definition) is 3. The number of aromatic nitrogens is 1. The van der Waals surface area contributed by atoms with Gasteiger partial charge in [-0.3, -0.25) is 0 Å². The summed E-state index contributed by atoms with van der Waals surface area (Å²) in [6, 6.07) is 0.609. The van der Waals surface area contributed by atoms with Gasteiger partial charge < -0.3 is 5.32 Å². The van der Waals surface area contributed by atoms with Gasteiger partial charge in [0.15, 0.2) is 0 Å². The van der Waals surface area contributed by atoms with E-state index in [1.54, 1.807) is 11.3 Å². The van der Waals surface area contributed by atoms with Crippen molar-refractivity contribution >= 4 is 11.3 Å². The van der Waals surface area contributed by atoms with Crippen LogP contribution in [0, 0.1) is 24.2 Å². The average Bonchev–Trinajstić information content (AvgIpc) is 2.83. The standard InChI is InChI=1S/C18H32N2S/c1-6-19-17(11-16-12-21-13(2)20-16)14-7-9-15(10-8-14)18(3,4)5/h12,14-15,17,19H,6-11H2,1-5H3. The topological polar surface area (TPSA) is 24.9 Å². The van der Waals surface area contributed by atoms with Crippen molar-refractivity contribution in [1.82, 2.24) is 10.3 Å². The van der Waals surface area contributed by atoms with E-state index in [1.165, 1.54) is 36.4 Å². The van der Waals surface area contributed by atoms with Gasteiger partial charge in [-0.2, -0.15) is 0 Å². The molecule has 1 aliphatic rings. The first-order chi connectivity index (χ1) is 9.90. The summed E-state index contributed by atoms with van der Waals surface area (Å²) in [6.07, 6.45) is 6.65. The lowest BCUT2D eigenvalue weighted by atomic mass is 9.68. The Balaban J connectivity index is 1.93. The summed E-state index contributed by atoms with van der Waals surface area (Å²) in [4.78, 5) is 4.66. The molecule has 2 nitrogen and oxygen atoms in total. The highest BCUT2D eigenvalue weighted by Crippen LogP contribution is 2.41. The van der Waals surface area contributed by atoms with E-state index in [2.05, 4.69) is 50.3 Å². The molecule has 3 heteroatoms. The molecule has 0 aromatic carbocycles. The first-order valence-corrected chi connectivity index (χ1v) is 9.42. The van der Waals surface area contributed by atoms with Crippen molar-refractivity contribution in [2.45, 2.75) is 72.8 Å². The monoisotopic (exact) mass is 308 g/mol. The van der Waals surface area contributed by atoms with Gasteiger partial charge in [-0.15, -0.1) is 11.3 Å². The molecule has 0 aliphatic heterocycles. The molecule has 0 bridgehead atoms. The van der Waals surface area contributed by atoms with Crippen LogP contribution in [-0.2, 0) is 6.42 Å². The van der Waals surface area contributed by atoms with E-state index in [0.717, 1.165) is 24.8 Å². The van der Waals surface area contributed by atoms with Gasteiger partial charge in [0.2, 0.25) is 0 Å². The van der Waals surface area contributed by atoms with Crippen molar-refractivity contribution in [2.24, 2.45) is 17.3 Å². The van der Waals surface area contributed by atoms with Crippen LogP contribution in [0.3, 0.4) is 0 Å². The molecule has 1 aromatic heterocycles. The second kappa shape index (κ2) is 7.23. The van der Waals surface area contributed by atoms with E-state index < -0.39 is 0 Å². The molecule has 1 aromatic rings. The van der Waals surface area contributed by atoms with E-state index >= 15 is 0 Å². The number of aryl methyl sites for hydroxylation is 1. The van der Waals surface area contributed by atoms with Crippen LogP contribution < -0.4 is 5.32 Å². The van der Waals surface area contributed by atoms with Crippen LogP contribution >= 0.6 is 11.3 Å². The van der Waals surface area contributed by atoms with Crippen LogP contribution in [0.1, 0.15) is 64.1 Å². The lowest BCUT2D eigenvalue weighted by Crippen LogP contribution is -2.41. The predicted octanol–water partition coefficient (Wildman–Crippen LogP) is 4.82. The van der Waals surface area contributed by atoms with Crippen LogP contribution in [0.25, 0.3) is 0 Å². The second-order valence-corrected chi connectivity index (χ2v) is 8.77. The highest BCUT2D eigenvalue weighted by Gasteiger charge is 2.32. The van der Waals surface area contributed by atoms with Crippen LogP contribution in [-0.4, -0.2) is 17.6 Å². The SMILES string of the molecule is CCNC(Cc1csc(C)n1)C1CCC(C(C)(C)C)CC1. The van der Waals surface area contributed by atoms with Gasteiger partial charge in [0.25, 0.3) is 0 Å². The van der Waals surface area contributed by atoms with Gasteiger partial charge in [0.1, 0.15) is 0 Å². The molecule has 1 fully saturated rings. The van der Waals surface area contributed by atoms with Crippen LogP contribution in [0.15, 0.2) is 5.38 Å². The number of rotatable bonds is 5. The fourth-order valence-electron chi connectivity index (χ4n) is 3.78. The normalized spacial score (nSPS) is 25.0. The third kappa shape index (κ3) is 4.79. The van der Waals surface area contributed by atoms with Gasteiger partial charge in [0.05, 0.1) is 10.7 Å². The molecule has 1 heterocycles. The van der Waals surface area contributed by atoms with Crippen molar-refractivity contribution in [3.8, 4) is 0 Å². The minimum atomic E-state index is 0.477. The summed E-state index contributed by atoms with van der Waals surface area (Å²) in [5, 5.41) is 7.16. The Labute approximate surface area is 134 Å². The summed E-state index contributed by atoms with van der Waals surface area (Å²) in [5.74, 6) is 1.73. The quantitative estimate of drug-likeness (QED) is 0.843. The smallest absolute Gasteiger partial charge is 0.0897 e. The fourth-order valence-corrected chi connectivity index (χ4v) is 4.41. The Hall–Kier alpha value is -0.410. The molecule has 0 amide bonds. The van der Waals surface area contributed by atoms with Crippen LogP contribution in [0.5, 0.6) is 0 Å². The fraction of sp³-hybridized carbons (Fsp3) is 0.833. The summed E-state index contributed by atoms with van der Waals surface area (Å²) in [7, 11) is 0. The van der Waals surface area contributed by atoms with Crippen molar-refractivity contribution in [3.05, 3.63) is 16.1 Å². The van der Waals surface area contributed by atoms with Gasteiger partial charge in [0, 0.05) is 17.8 Å². The molecule has 1 aliphatic carbocycles. The highest BCUT2D eigenvalue weighted by atomic mass is 32.1. The number of nitrogens with one attached hydrogen (secondary N) is 1. The van der Waals surface area contributed by atoms with E-state index in [1.807, 2.05) is 0 Å². The van der Waals surface area contributed by atoms with Crippen LogP contribution in [0.2, 0.25) is 0 Å². The zero-order chi connectivity index (χ0) is 15.5. The second-order valence-electron chi connectivity index (χ2n) is 7.70. The lowest BCUT2D eigenvalue weighted by Gasteiger charge is -2.39. The molecule has 120 valence electrons. The third-order valence-corrected chi connectivity index (χ3v) is 5.95. The zero-order valence-corrected chi connectivity index (χ0v) is 15.2. The molecule has 0 radical (unpaired) electrons. The molecular weight excluding hydrogens is 276 g/mol. The Bertz CT molecular complexity index is 425. The first kappa shape index (κ1) is 17.0. The molecule has 21 heavy (non-hydrogen) atoms. The molecule has 1 saturated carbocycles. The lowest BCUT2D eigenvalue weighted by molar-refractivity contribution is 0.132. The Kier molecular flexibility index (Phi) is 5.84. The third-order valence-electron chi connectivity index (χ3n) is 5.13. The first-order valence-electron chi connectivity index (χ1n) is 8.54.